The van der Waals surface area contributed by atoms with Gasteiger partial charge in [-0.2, -0.15) is 0 Å². The highest BCUT2D eigenvalue weighted by atomic mass is 32.2. The van der Waals surface area contributed by atoms with Crippen molar-refractivity contribution in [2.24, 2.45) is 0 Å². The third kappa shape index (κ3) is 3.32. The number of aromatic nitrogens is 2. The van der Waals surface area contributed by atoms with Crippen molar-refractivity contribution in [3.05, 3.63) is 11.4 Å². The van der Waals surface area contributed by atoms with Gasteiger partial charge in [0.05, 0.1) is 11.4 Å². The van der Waals surface area contributed by atoms with Crippen LogP contribution in [-0.2, 0) is 4.79 Å². The summed E-state index contributed by atoms with van der Waals surface area (Å²) in [7, 11) is 0. The van der Waals surface area contributed by atoms with Crippen LogP contribution in [0.3, 0.4) is 0 Å². The van der Waals surface area contributed by atoms with E-state index in [-0.39, 0.29) is 5.91 Å². The molecule has 5 heteroatoms. The first-order valence-corrected chi connectivity index (χ1v) is 8.07. The van der Waals surface area contributed by atoms with Gasteiger partial charge in [-0.05, 0) is 33.6 Å². The number of carbonyl (C=O) groups is 1. The third-order valence-electron chi connectivity index (χ3n) is 3.75. The summed E-state index contributed by atoms with van der Waals surface area (Å²) in [5.74, 6) is 0.542. The van der Waals surface area contributed by atoms with Gasteiger partial charge in [-0.25, -0.2) is 4.98 Å². The summed E-state index contributed by atoms with van der Waals surface area (Å²) < 4.78 is 2.35. The van der Waals surface area contributed by atoms with E-state index in [2.05, 4.69) is 28.7 Å². The first-order valence-electron chi connectivity index (χ1n) is 7.08. The Kier molecular flexibility index (Phi) is 4.91. The first kappa shape index (κ1) is 14.4. The molecule has 0 radical (unpaired) electrons. The molecule has 0 unspecified atom stereocenters. The molecule has 1 aromatic rings. The summed E-state index contributed by atoms with van der Waals surface area (Å²) in [6.45, 7) is 6.82. The van der Waals surface area contributed by atoms with Gasteiger partial charge in [0.15, 0.2) is 5.16 Å². The number of amides is 1. The second-order valence-electron chi connectivity index (χ2n) is 5.12. The molecule has 1 fully saturated rings. The number of nitrogens with one attached hydrogen (secondary N) is 1. The van der Waals surface area contributed by atoms with Crippen LogP contribution in [0.1, 0.15) is 50.0 Å². The number of hydrogen-bond acceptors (Lipinski definition) is 3. The van der Waals surface area contributed by atoms with E-state index in [1.54, 1.807) is 11.8 Å². The SMILES string of the molecule is CCNC(=O)CSc1nc(C)c(C)n1C1CCCC1. The van der Waals surface area contributed by atoms with Crippen LogP contribution in [0, 0.1) is 13.8 Å². The summed E-state index contributed by atoms with van der Waals surface area (Å²) in [4.78, 5) is 16.2. The zero-order valence-corrected chi connectivity index (χ0v) is 12.8. The molecule has 1 heterocycles. The molecule has 0 bridgehead atoms. The molecule has 1 saturated carbocycles. The number of carbonyl (C=O) groups excluding carboxylic acids is 1. The van der Waals surface area contributed by atoms with Crippen LogP contribution in [-0.4, -0.2) is 27.8 Å². The molecule has 1 aliphatic carbocycles. The lowest BCUT2D eigenvalue weighted by Crippen LogP contribution is -2.24. The van der Waals surface area contributed by atoms with E-state index in [1.807, 2.05) is 6.92 Å². The maximum Gasteiger partial charge on any atom is 0.230 e. The highest BCUT2D eigenvalue weighted by Crippen LogP contribution is 2.35. The van der Waals surface area contributed by atoms with Gasteiger partial charge >= 0.3 is 0 Å². The summed E-state index contributed by atoms with van der Waals surface area (Å²) in [6, 6.07) is 0.581. The molecule has 0 spiro atoms. The molecule has 4 nitrogen and oxygen atoms in total. The average molecular weight is 281 g/mol. The summed E-state index contributed by atoms with van der Waals surface area (Å²) in [5, 5.41) is 3.84. The van der Waals surface area contributed by atoms with Gasteiger partial charge in [0.2, 0.25) is 5.91 Å². The van der Waals surface area contributed by atoms with E-state index in [0.29, 0.717) is 18.3 Å². The van der Waals surface area contributed by atoms with Crippen molar-refractivity contribution in [3.63, 3.8) is 0 Å². The Morgan fingerprint density at radius 1 is 1.42 bits per heavy atom. The topological polar surface area (TPSA) is 46.9 Å². The van der Waals surface area contributed by atoms with Gasteiger partial charge in [-0.3, -0.25) is 4.79 Å². The van der Waals surface area contributed by atoms with Crippen LogP contribution in [0.4, 0.5) is 0 Å². The van der Waals surface area contributed by atoms with Gasteiger partial charge in [-0.1, -0.05) is 24.6 Å². The molecule has 1 N–H and O–H groups in total. The van der Waals surface area contributed by atoms with Crippen LogP contribution in [0.25, 0.3) is 0 Å². The minimum Gasteiger partial charge on any atom is -0.356 e. The molecule has 2 rings (SSSR count). The third-order valence-corrected chi connectivity index (χ3v) is 4.70. The van der Waals surface area contributed by atoms with Crippen molar-refractivity contribution >= 4 is 17.7 Å². The number of imidazole rings is 1. The van der Waals surface area contributed by atoms with Gasteiger partial charge in [0.1, 0.15) is 0 Å². The normalized spacial score (nSPS) is 15.9. The van der Waals surface area contributed by atoms with Gasteiger partial charge in [0, 0.05) is 18.3 Å². The lowest BCUT2D eigenvalue weighted by atomic mass is 10.2. The van der Waals surface area contributed by atoms with E-state index in [0.717, 1.165) is 10.9 Å². The molecule has 1 aromatic heterocycles. The Morgan fingerprint density at radius 3 is 2.74 bits per heavy atom. The number of thioether (sulfide) groups is 1. The second-order valence-corrected chi connectivity index (χ2v) is 6.06. The Hall–Kier alpha value is -0.970. The van der Waals surface area contributed by atoms with Gasteiger partial charge in [-0.15, -0.1) is 0 Å². The zero-order chi connectivity index (χ0) is 13.8. The molecule has 0 aromatic carbocycles. The second kappa shape index (κ2) is 6.46. The van der Waals surface area contributed by atoms with E-state index in [9.17, 15) is 4.79 Å². The smallest absolute Gasteiger partial charge is 0.230 e. The predicted molar refractivity (Wildman–Crippen MR) is 78.6 cm³/mol. The van der Waals surface area contributed by atoms with E-state index < -0.39 is 0 Å². The molecule has 19 heavy (non-hydrogen) atoms. The van der Waals surface area contributed by atoms with Crippen LogP contribution in [0.15, 0.2) is 5.16 Å². The molecule has 106 valence electrons. The molecular weight excluding hydrogens is 258 g/mol. The molecule has 1 aliphatic rings. The minimum atomic E-state index is 0.0868. The molecular formula is C14H23N3OS. The van der Waals surface area contributed by atoms with E-state index in [4.69, 9.17) is 0 Å². The monoisotopic (exact) mass is 281 g/mol. The highest BCUT2D eigenvalue weighted by Gasteiger charge is 2.23. The van der Waals surface area contributed by atoms with E-state index in [1.165, 1.54) is 31.4 Å². The minimum absolute atomic E-state index is 0.0868. The zero-order valence-electron chi connectivity index (χ0n) is 12.0. The predicted octanol–water partition coefficient (Wildman–Crippen LogP) is 2.84. The first-order chi connectivity index (χ1) is 9.13. The molecule has 0 saturated heterocycles. The number of hydrogen-bond donors (Lipinski definition) is 1. The molecule has 0 aliphatic heterocycles. The fourth-order valence-corrected chi connectivity index (χ4v) is 3.66. The largest absolute Gasteiger partial charge is 0.356 e. The summed E-state index contributed by atoms with van der Waals surface area (Å²) in [5.41, 5.74) is 2.34. The lowest BCUT2D eigenvalue weighted by molar-refractivity contribution is -0.118. The Bertz CT molecular complexity index is 450. The molecule has 0 atom stereocenters. The summed E-state index contributed by atoms with van der Waals surface area (Å²) in [6.07, 6.45) is 5.10. The number of aryl methyl sites for hydroxylation is 1. The summed E-state index contributed by atoms with van der Waals surface area (Å²) >= 11 is 1.56. The van der Waals surface area contributed by atoms with E-state index >= 15 is 0 Å². The highest BCUT2D eigenvalue weighted by molar-refractivity contribution is 7.99. The standard InChI is InChI=1S/C14H23N3OS/c1-4-15-13(18)9-19-14-16-10(2)11(3)17(14)12-7-5-6-8-12/h12H,4-9H2,1-3H3,(H,15,18). The maximum absolute atomic E-state index is 11.6. The van der Waals surface area contributed by atoms with Crippen molar-refractivity contribution in [2.75, 3.05) is 12.3 Å². The van der Waals surface area contributed by atoms with Crippen LogP contribution < -0.4 is 5.32 Å². The van der Waals surface area contributed by atoms with Gasteiger partial charge in [0.25, 0.3) is 0 Å². The van der Waals surface area contributed by atoms with Crippen molar-refractivity contribution in [3.8, 4) is 0 Å². The van der Waals surface area contributed by atoms with Gasteiger partial charge < -0.3 is 9.88 Å². The maximum atomic E-state index is 11.6. The Morgan fingerprint density at radius 2 is 2.11 bits per heavy atom. The fourth-order valence-electron chi connectivity index (χ4n) is 2.67. The van der Waals surface area contributed by atoms with Crippen LogP contribution >= 0.6 is 11.8 Å². The quantitative estimate of drug-likeness (QED) is 0.844. The number of rotatable bonds is 5. The Labute approximate surface area is 119 Å². The average Bonchev–Trinajstić information content (AvgIpc) is 2.97. The van der Waals surface area contributed by atoms with Crippen molar-refractivity contribution in [2.45, 2.75) is 57.7 Å². The van der Waals surface area contributed by atoms with Crippen molar-refractivity contribution in [1.29, 1.82) is 0 Å². The van der Waals surface area contributed by atoms with Crippen LogP contribution in [0.2, 0.25) is 0 Å². The number of nitrogens with zero attached hydrogens (tertiary/aromatic N) is 2. The van der Waals surface area contributed by atoms with Crippen LogP contribution in [0.5, 0.6) is 0 Å². The molecule has 1 amide bonds. The van der Waals surface area contributed by atoms with Crippen molar-refractivity contribution in [1.82, 2.24) is 14.9 Å². The fraction of sp³-hybridized carbons (Fsp3) is 0.714. The Balaban J connectivity index is 2.11. The van der Waals surface area contributed by atoms with Crippen molar-refractivity contribution < 1.29 is 4.79 Å². The lowest BCUT2D eigenvalue weighted by Gasteiger charge is -2.16.